The van der Waals surface area contributed by atoms with Gasteiger partial charge in [0.05, 0.1) is 12.5 Å². The zero-order valence-electron chi connectivity index (χ0n) is 6.01. The van der Waals surface area contributed by atoms with Gasteiger partial charge in [-0.3, -0.25) is 0 Å². The van der Waals surface area contributed by atoms with Crippen molar-refractivity contribution in [2.24, 2.45) is 0 Å². The van der Waals surface area contributed by atoms with Gasteiger partial charge in [-0.25, -0.2) is 4.39 Å². The minimum atomic E-state index is -0.724. The lowest BCUT2D eigenvalue weighted by Crippen LogP contribution is -1.89. The Kier molecular flexibility index (Phi) is 2.51. The first kappa shape index (κ1) is 8.82. The zero-order chi connectivity index (χ0) is 9.14. The molecular formula is C8H5ClFNO. The van der Waals surface area contributed by atoms with Gasteiger partial charge in [-0.15, -0.1) is 0 Å². The van der Waals surface area contributed by atoms with E-state index in [2.05, 4.69) is 0 Å². The standard InChI is InChI=1S/C8H5ClFNO/c9-7-6(12)2-1-5(3-4-11)8(7)10/h1-2,12H,3H2. The summed E-state index contributed by atoms with van der Waals surface area (Å²) >= 11 is 5.38. The lowest BCUT2D eigenvalue weighted by atomic mass is 10.1. The van der Waals surface area contributed by atoms with Gasteiger partial charge >= 0.3 is 0 Å². The molecule has 0 amide bonds. The predicted octanol–water partition coefficient (Wildman–Crippen LogP) is 2.25. The van der Waals surface area contributed by atoms with Crippen LogP contribution in [0.2, 0.25) is 5.02 Å². The van der Waals surface area contributed by atoms with Crippen LogP contribution in [-0.4, -0.2) is 5.11 Å². The Morgan fingerprint density at radius 3 is 2.83 bits per heavy atom. The quantitative estimate of drug-likeness (QED) is 0.729. The summed E-state index contributed by atoms with van der Waals surface area (Å²) in [6.07, 6.45) is -0.0498. The van der Waals surface area contributed by atoms with E-state index in [0.717, 1.165) is 0 Å². The molecule has 62 valence electrons. The highest BCUT2D eigenvalue weighted by atomic mass is 35.5. The number of nitriles is 1. The second-order valence-corrected chi connectivity index (χ2v) is 2.58. The maximum Gasteiger partial charge on any atom is 0.149 e. The second-order valence-electron chi connectivity index (χ2n) is 2.21. The summed E-state index contributed by atoms with van der Waals surface area (Å²) in [5.74, 6) is -1.03. The fourth-order valence-electron chi connectivity index (χ4n) is 0.801. The molecule has 12 heavy (non-hydrogen) atoms. The molecule has 1 aromatic rings. The lowest BCUT2D eigenvalue weighted by molar-refractivity contribution is 0.468. The highest BCUT2D eigenvalue weighted by Crippen LogP contribution is 2.28. The van der Waals surface area contributed by atoms with Gasteiger partial charge in [0, 0.05) is 5.56 Å². The first-order valence-corrected chi connectivity index (χ1v) is 3.57. The summed E-state index contributed by atoms with van der Waals surface area (Å²) in [5.41, 5.74) is 0.195. The molecule has 0 aromatic heterocycles. The van der Waals surface area contributed by atoms with Gasteiger partial charge in [-0.1, -0.05) is 17.7 Å². The fraction of sp³-hybridized carbons (Fsp3) is 0.125. The van der Waals surface area contributed by atoms with Crippen LogP contribution in [0.3, 0.4) is 0 Å². The van der Waals surface area contributed by atoms with Crippen LogP contribution in [-0.2, 0) is 6.42 Å². The van der Waals surface area contributed by atoms with Crippen LogP contribution in [0.5, 0.6) is 5.75 Å². The molecule has 0 radical (unpaired) electrons. The Morgan fingerprint density at radius 2 is 2.25 bits per heavy atom. The van der Waals surface area contributed by atoms with Crippen molar-refractivity contribution in [3.05, 3.63) is 28.5 Å². The maximum absolute atomic E-state index is 13.0. The van der Waals surface area contributed by atoms with E-state index in [9.17, 15) is 4.39 Å². The van der Waals surface area contributed by atoms with Gasteiger partial charge in [0.15, 0.2) is 0 Å². The number of hydrogen-bond donors (Lipinski definition) is 1. The number of rotatable bonds is 1. The van der Waals surface area contributed by atoms with Gasteiger partial charge in [-0.2, -0.15) is 5.26 Å². The predicted molar refractivity (Wildman–Crippen MR) is 42.4 cm³/mol. The molecule has 0 heterocycles. The molecular weight excluding hydrogens is 181 g/mol. The minimum Gasteiger partial charge on any atom is -0.506 e. The molecule has 0 unspecified atom stereocenters. The Balaban J connectivity index is 3.19. The Bertz CT molecular complexity index is 346. The van der Waals surface area contributed by atoms with Crippen molar-refractivity contribution < 1.29 is 9.50 Å². The highest BCUT2D eigenvalue weighted by Gasteiger charge is 2.09. The zero-order valence-corrected chi connectivity index (χ0v) is 6.77. The van der Waals surface area contributed by atoms with E-state index in [0.29, 0.717) is 0 Å². The van der Waals surface area contributed by atoms with Crippen molar-refractivity contribution in [3.63, 3.8) is 0 Å². The smallest absolute Gasteiger partial charge is 0.149 e. The monoisotopic (exact) mass is 185 g/mol. The van der Waals surface area contributed by atoms with Gasteiger partial charge in [0.2, 0.25) is 0 Å². The summed E-state index contributed by atoms with van der Waals surface area (Å²) in [7, 11) is 0. The summed E-state index contributed by atoms with van der Waals surface area (Å²) in [6.45, 7) is 0. The molecule has 1 aromatic carbocycles. The van der Waals surface area contributed by atoms with Crippen LogP contribution in [0.25, 0.3) is 0 Å². The van der Waals surface area contributed by atoms with Crippen molar-refractivity contribution >= 4 is 11.6 Å². The van der Waals surface area contributed by atoms with Crippen LogP contribution in [0.15, 0.2) is 12.1 Å². The molecule has 0 saturated heterocycles. The molecule has 0 atom stereocenters. The molecule has 1 rings (SSSR count). The topological polar surface area (TPSA) is 44.0 Å². The maximum atomic E-state index is 13.0. The number of hydrogen-bond acceptors (Lipinski definition) is 2. The number of nitrogens with zero attached hydrogens (tertiary/aromatic N) is 1. The second kappa shape index (κ2) is 3.42. The van der Waals surface area contributed by atoms with E-state index in [1.54, 1.807) is 6.07 Å². The molecule has 2 nitrogen and oxygen atoms in total. The van der Waals surface area contributed by atoms with Crippen LogP contribution < -0.4 is 0 Å². The molecule has 0 saturated carbocycles. The third-order valence-corrected chi connectivity index (χ3v) is 1.77. The van der Waals surface area contributed by atoms with Crippen LogP contribution >= 0.6 is 11.6 Å². The number of benzene rings is 1. The third-order valence-electron chi connectivity index (χ3n) is 1.41. The molecule has 4 heteroatoms. The first-order valence-electron chi connectivity index (χ1n) is 3.19. The van der Waals surface area contributed by atoms with E-state index >= 15 is 0 Å². The molecule has 0 aliphatic heterocycles. The van der Waals surface area contributed by atoms with Gasteiger partial charge in [-0.05, 0) is 6.07 Å². The molecule has 0 fully saturated rings. The molecule has 0 aliphatic rings. The van der Waals surface area contributed by atoms with Crippen LogP contribution in [0, 0.1) is 17.1 Å². The van der Waals surface area contributed by atoms with Crippen molar-refractivity contribution in [1.29, 1.82) is 5.26 Å². The number of phenols is 1. The number of phenolic OH excluding ortho intramolecular Hbond substituents is 1. The summed E-state index contributed by atoms with van der Waals surface area (Å²) in [6, 6.07) is 4.39. The molecule has 0 bridgehead atoms. The summed E-state index contributed by atoms with van der Waals surface area (Å²) < 4.78 is 13.0. The average molecular weight is 186 g/mol. The van der Waals surface area contributed by atoms with Crippen molar-refractivity contribution in [2.45, 2.75) is 6.42 Å². The van der Waals surface area contributed by atoms with E-state index < -0.39 is 5.82 Å². The van der Waals surface area contributed by atoms with Crippen molar-refractivity contribution in [2.75, 3.05) is 0 Å². The summed E-state index contributed by atoms with van der Waals surface area (Å²) in [5, 5.41) is 16.9. The fourth-order valence-corrected chi connectivity index (χ4v) is 0.985. The van der Waals surface area contributed by atoms with Crippen molar-refractivity contribution in [1.82, 2.24) is 0 Å². The van der Waals surface area contributed by atoms with E-state index in [1.807, 2.05) is 0 Å². The Hall–Kier alpha value is -1.27. The van der Waals surface area contributed by atoms with Gasteiger partial charge < -0.3 is 5.11 Å². The Morgan fingerprint density at radius 1 is 1.58 bits per heavy atom. The highest BCUT2D eigenvalue weighted by molar-refractivity contribution is 6.32. The first-order chi connectivity index (χ1) is 5.66. The summed E-state index contributed by atoms with van der Waals surface area (Å²) in [4.78, 5) is 0. The van der Waals surface area contributed by atoms with Crippen LogP contribution in [0.4, 0.5) is 4.39 Å². The molecule has 0 spiro atoms. The SMILES string of the molecule is N#CCc1ccc(O)c(Cl)c1F. The average Bonchev–Trinajstić information content (AvgIpc) is 2.07. The van der Waals surface area contributed by atoms with E-state index in [-0.39, 0.29) is 22.8 Å². The number of halogens is 2. The van der Waals surface area contributed by atoms with Crippen molar-refractivity contribution in [3.8, 4) is 11.8 Å². The van der Waals surface area contributed by atoms with E-state index in [4.69, 9.17) is 22.0 Å². The number of aromatic hydroxyl groups is 1. The molecule has 1 N–H and O–H groups in total. The largest absolute Gasteiger partial charge is 0.506 e. The molecule has 0 aliphatic carbocycles. The van der Waals surface area contributed by atoms with Crippen LogP contribution in [0.1, 0.15) is 5.56 Å². The minimum absolute atomic E-state index is 0.0498. The normalized spacial score (nSPS) is 9.42. The Labute approximate surface area is 73.8 Å². The van der Waals surface area contributed by atoms with E-state index in [1.165, 1.54) is 12.1 Å². The van der Waals surface area contributed by atoms with Gasteiger partial charge in [0.25, 0.3) is 0 Å². The lowest BCUT2D eigenvalue weighted by Gasteiger charge is -2.01. The van der Waals surface area contributed by atoms with Gasteiger partial charge in [0.1, 0.15) is 16.6 Å². The third kappa shape index (κ3) is 1.49.